The Morgan fingerprint density at radius 1 is 1.15 bits per heavy atom. The Labute approximate surface area is 122 Å². The van der Waals surface area contributed by atoms with Gasteiger partial charge >= 0.3 is 0 Å². The Bertz CT molecular complexity index is 369. The number of nitrogens with zero attached hydrogens (tertiary/aromatic N) is 1. The average molecular weight is 280 g/mol. The minimum absolute atomic E-state index is 0.494. The quantitative estimate of drug-likeness (QED) is 0.528. The van der Waals surface area contributed by atoms with Crippen molar-refractivity contribution in [2.75, 3.05) is 39.2 Å². The number of rotatable bonds is 10. The molecule has 0 aromatic heterocycles. The van der Waals surface area contributed by atoms with Crippen LogP contribution in [0.1, 0.15) is 25.8 Å². The molecule has 0 aliphatic carbocycles. The van der Waals surface area contributed by atoms with E-state index in [1.807, 2.05) is 18.2 Å². The van der Waals surface area contributed by atoms with Crippen LogP contribution in [0.25, 0.3) is 0 Å². The van der Waals surface area contributed by atoms with Gasteiger partial charge < -0.3 is 15.2 Å². The van der Waals surface area contributed by atoms with E-state index in [1.54, 1.807) is 7.11 Å². The minimum Gasteiger partial charge on any atom is -0.398 e. The highest BCUT2D eigenvalue weighted by Gasteiger charge is 2.11. The van der Waals surface area contributed by atoms with Crippen LogP contribution in [0.2, 0.25) is 0 Å². The lowest BCUT2D eigenvalue weighted by atomic mass is 10.1. The van der Waals surface area contributed by atoms with Crippen LogP contribution >= 0.6 is 0 Å². The SMILES string of the molecule is COCCOCCCN(Cc1ccccc1N)C(C)C. The van der Waals surface area contributed by atoms with Gasteiger partial charge in [-0.15, -0.1) is 0 Å². The topological polar surface area (TPSA) is 47.7 Å². The van der Waals surface area contributed by atoms with Crippen molar-refractivity contribution in [1.29, 1.82) is 0 Å². The number of anilines is 1. The van der Waals surface area contributed by atoms with Crippen LogP contribution in [0.15, 0.2) is 24.3 Å². The van der Waals surface area contributed by atoms with Crippen LogP contribution in [-0.4, -0.2) is 44.4 Å². The van der Waals surface area contributed by atoms with Crippen molar-refractivity contribution in [3.05, 3.63) is 29.8 Å². The Balaban J connectivity index is 2.36. The molecule has 0 fully saturated rings. The number of benzene rings is 1. The fraction of sp³-hybridized carbons (Fsp3) is 0.625. The van der Waals surface area contributed by atoms with Crippen molar-refractivity contribution in [1.82, 2.24) is 4.90 Å². The van der Waals surface area contributed by atoms with Crippen LogP contribution in [0.3, 0.4) is 0 Å². The summed E-state index contributed by atoms with van der Waals surface area (Å²) in [6, 6.07) is 8.57. The molecule has 0 unspecified atom stereocenters. The first-order valence-corrected chi connectivity index (χ1v) is 7.29. The third-order valence-electron chi connectivity index (χ3n) is 3.32. The molecule has 4 nitrogen and oxygen atoms in total. The summed E-state index contributed by atoms with van der Waals surface area (Å²) in [5.74, 6) is 0. The third kappa shape index (κ3) is 6.37. The molecule has 0 aliphatic rings. The molecule has 0 saturated heterocycles. The first-order chi connectivity index (χ1) is 9.65. The monoisotopic (exact) mass is 280 g/mol. The van der Waals surface area contributed by atoms with Crippen molar-refractivity contribution < 1.29 is 9.47 Å². The molecular formula is C16H28N2O2. The predicted octanol–water partition coefficient (Wildman–Crippen LogP) is 2.53. The lowest BCUT2D eigenvalue weighted by Crippen LogP contribution is -2.32. The molecule has 4 heteroatoms. The molecular weight excluding hydrogens is 252 g/mol. The van der Waals surface area contributed by atoms with Gasteiger partial charge in [0.05, 0.1) is 13.2 Å². The number of hydrogen-bond donors (Lipinski definition) is 1. The standard InChI is InChI=1S/C16H28N2O2/c1-14(2)18(9-6-10-20-12-11-19-3)13-15-7-4-5-8-16(15)17/h4-5,7-8,14H,6,9-13,17H2,1-3H3. The number of ether oxygens (including phenoxy) is 2. The molecule has 0 heterocycles. The minimum atomic E-state index is 0.494. The highest BCUT2D eigenvalue weighted by Crippen LogP contribution is 2.15. The van der Waals surface area contributed by atoms with Crippen molar-refractivity contribution in [2.45, 2.75) is 32.9 Å². The van der Waals surface area contributed by atoms with E-state index in [2.05, 4.69) is 24.8 Å². The van der Waals surface area contributed by atoms with E-state index in [4.69, 9.17) is 15.2 Å². The van der Waals surface area contributed by atoms with E-state index in [9.17, 15) is 0 Å². The van der Waals surface area contributed by atoms with E-state index < -0.39 is 0 Å². The fourth-order valence-electron chi connectivity index (χ4n) is 2.03. The lowest BCUT2D eigenvalue weighted by molar-refractivity contribution is 0.0630. The first-order valence-electron chi connectivity index (χ1n) is 7.29. The van der Waals surface area contributed by atoms with Gasteiger partial charge in [0.2, 0.25) is 0 Å². The summed E-state index contributed by atoms with van der Waals surface area (Å²) >= 11 is 0. The second kappa shape index (κ2) is 9.75. The number of methoxy groups -OCH3 is 1. The maximum Gasteiger partial charge on any atom is 0.0700 e. The van der Waals surface area contributed by atoms with Crippen LogP contribution in [0.5, 0.6) is 0 Å². The molecule has 1 aromatic carbocycles. The summed E-state index contributed by atoms with van der Waals surface area (Å²) in [5.41, 5.74) is 8.08. The third-order valence-corrected chi connectivity index (χ3v) is 3.32. The van der Waals surface area contributed by atoms with Crippen LogP contribution in [0, 0.1) is 0 Å². The van der Waals surface area contributed by atoms with E-state index in [-0.39, 0.29) is 0 Å². The molecule has 2 N–H and O–H groups in total. The summed E-state index contributed by atoms with van der Waals surface area (Å²) in [7, 11) is 1.69. The van der Waals surface area contributed by atoms with Gasteiger partial charge in [0, 0.05) is 38.5 Å². The van der Waals surface area contributed by atoms with Gasteiger partial charge in [0.25, 0.3) is 0 Å². The predicted molar refractivity (Wildman–Crippen MR) is 83.7 cm³/mol. The first kappa shape index (κ1) is 17.0. The number of para-hydroxylation sites is 1. The molecule has 0 saturated carbocycles. The van der Waals surface area contributed by atoms with Gasteiger partial charge in [0.15, 0.2) is 0 Å². The van der Waals surface area contributed by atoms with Gasteiger partial charge in [-0.1, -0.05) is 18.2 Å². The summed E-state index contributed by atoms with van der Waals surface area (Å²) in [6.45, 7) is 8.44. The average Bonchev–Trinajstić information content (AvgIpc) is 2.43. The lowest BCUT2D eigenvalue weighted by Gasteiger charge is -2.27. The molecule has 0 spiro atoms. The molecule has 1 aromatic rings. The fourth-order valence-corrected chi connectivity index (χ4v) is 2.03. The van der Waals surface area contributed by atoms with Gasteiger partial charge in [-0.2, -0.15) is 0 Å². The Kier molecular flexibility index (Phi) is 8.26. The Hall–Kier alpha value is -1.10. The normalized spacial score (nSPS) is 11.4. The van der Waals surface area contributed by atoms with Crippen molar-refractivity contribution in [2.24, 2.45) is 0 Å². The second-order valence-corrected chi connectivity index (χ2v) is 5.22. The van der Waals surface area contributed by atoms with Gasteiger partial charge in [-0.3, -0.25) is 4.90 Å². The summed E-state index contributed by atoms with van der Waals surface area (Å²) in [4.78, 5) is 2.42. The molecule has 0 amide bonds. The summed E-state index contributed by atoms with van der Waals surface area (Å²) in [6.07, 6.45) is 1.02. The smallest absolute Gasteiger partial charge is 0.0700 e. The van der Waals surface area contributed by atoms with E-state index >= 15 is 0 Å². The highest BCUT2D eigenvalue weighted by molar-refractivity contribution is 5.46. The summed E-state index contributed by atoms with van der Waals surface area (Å²) in [5, 5.41) is 0. The van der Waals surface area contributed by atoms with Crippen molar-refractivity contribution >= 4 is 5.69 Å². The summed E-state index contributed by atoms with van der Waals surface area (Å²) < 4.78 is 10.5. The molecule has 114 valence electrons. The number of hydrogen-bond acceptors (Lipinski definition) is 4. The second-order valence-electron chi connectivity index (χ2n) is 5.22. The molecule has 0 atom stereocenters. The van der Waals surface area contributed by atoms with Gasteiger partial charge in [-0.25, -0.2) is 0 Å². The zero-order chi connectivity index (χ0) is 14.8. The Morgan fingerprint density at radius 3 is 2.55 bits per heavy atom. The maximum atomic E-state index is 6.01. The van der Waals surface area contributed by atoms with Crippen LogP contribution in [-0.2, 0) is 16.0 Å². The van der Waals surface area contributed by atoms with E-state index in [0.29, 0.717) is 19.3 Å². The molecule has 0 bridgehead atoms. The van der Waals surface area contributed by atoms with Crippen molar-refractivity contribution in [3.8, 4) is 0 Å². The van der Waals surface area contributed by atoms with Crippen LogP contribution < -0.4 is 5.73 Å². The van der Waals surface area contributed by atoms with Gasteiger partial charge in [-0.05, 0) is 31.9 Å². The Morgan fingerprint density at radius 2 is 1.90 bits per heavy atom. The van der Waals surface area contributed by atoms with E-state index in [1.165, 1.54) is 5.56 Å². The molecule has 1 rings (SSSR count). The molecule has 0 aliphatic heterocycles. The zero-order valence-corrected chi connectivity index (χ0v) is 13.0. The molecule has 0 radical (unpaired) electrons. The van der Waals surface area contributed by atoms with Crippen molar-refractivity contribution in [3.63, 3.8) is 0 Å². The zero-order valence-electron chi connectivity index (χ0n) is 13.0. The maximum absolute atomic E-state index is 6.01. The number of nitrogen functional groups attached to an aromatic ring is 1. The van der Waals surface area contributed by atoms with Gasteiger partial charge in [0.1, 0.15) is 0 Å². The molecule has 20 heavy (non-hydrogen) atoms. The van der Waals surface area contributed by atoms with E-state index in [0.717, 1.165) is 31.8 Å². The highest BCUT2D eigenvalue weighted by atomic mass is 16.5. The largest absolute Gasteiger partial charge is 0.398 e. The van der Waals surface area contributed by atoms with Crippen LogP contribution in [0.4, 0.5) is 5.69 Å². The number of nitrogens with two attached hydrogens (primary N) is 1.